The Bertz CT molecular complexity index is 457. The van der Waals surface area contributed by atoms with Crippen molar-refractivity contribution in [1.82, 2.24) is 10.2 Å². The van der Waals surface area contributed by atoms with Gasteiger partial charge in [0, 0.05) is 20.2 Å². The summed E-state index contributed by atoms with van der Waals surface area (Å²) in [6, 6.07) is 12.4. The molecule has 0 spiro atoms. The largest absolute Gasteiger partial charge is 0.380 e. The molecule has 1 fully saturated rings. The van der Waals surface area contributed by atoms with Gasteiger partial charge in [-0.1, -0.05) is 30.3 Å². The number of hydrogen-bond donors (Lipinski definition) is 1. The van der Waals surface area contributed by atoms with Crippen LogP contribution in [0.25, 0.3) is 0 Å². The second-order valence-corrected chi connectivity index (χ2v) is 5.37. The Labute approximate surface area is 121 Å². The van der Waals surface area contributed by atoms with Gasteiger partial charge in [0.05, 0.1) is 12.2 Å². The highest BCUT2D eigenvalue weighted by Gasteiger charge is 2.34. The molecule has 2 unspecified atom stereocenters. The summed E-state index contributed by atoms with van der Waals surface area (Å²) in [5, 5.41) is 12.9. The maximum Gasteiger partial charge on any atom is 0.144 e. The van der Waals surface area contributed by atoms with Crippen LogP contribution in [-0.2, 0) is 10.3 Å². The third-order valence-electron chi connectivity index (χ3n) is 4.14. The minimum atomic E-state index is -0.656. The first kappa shape index (κ1) is 15.0. The number of rotatable bonds is 5. The number of nitrogens with one attached hydrogen (secondary N) is 1. The molecule has 1 aliphatic heterocycles. The minimum Gasteiger partial charge on any atom is -0.380 e. The summed E-state index contributed by atoms with van der Waals surface area (Å²) in [5.74, 6) is 0. The fourth-order valence-corrected chi connectivity index (χ4v) is 2.88. The van der Waals surface area contributed by atoms with Gasteiger partial charge < -0.3 is 4.74 Å². The first-order chi connectivity index (χ1) is 9.74. The second-order valence-electron chi connectivity index (χ2n) is 5.37. The van der Waals surface area contributed by atoms with Gasteiger partial charge in [-0.3, -0.25) is 10.2 Å². The molecular weight excluding hydrogens is 250 g/mol. The van der Waals surface area contributed by atoms with E-state index in [0.29, 0.717) is 6.54 Å². The average molecular weight is 273 g/mol. The Morgan fingerprint density at radius 2 is 2.20 bits per heavy atom. The third kappa shape index (κ3) is 3.18. The van der Waals surface area contributed by atoms with E-state index in [0.717, 1.165) is 31.5 Å². The van der Waals surface area contributed by atoms with E-state index in [4.69, 9.17) is 4.74 Å². The Morgan fingerprint density at radius 3 is 2.80 bits per heavy atom. The van der Waals surface area contributed by atoms with Crippen LogP contribution < -0.4 is 5.32 Å². The number of likely N-dealkylation sites (tertiary alicyclic amines) is 1. The molecule has 0 aromatic heterocycles. The number of benzene rings is 1. The molecule has 4 nitrogen and oxygen atoms in total. The Balaban J connectivity index is 2.16. The molecule has 1 aromatic carbocycles. The van der Waals surface area contributed by atoms with Crippen LogP contribution in [-0.4, -0.2) is 44.8 Å². The molecule has 1 aromatic rings. The maximum absolute atomic E-state index is 9.71. The Morgan fingerprint density at radius 1 is 1.45 bits per heavy atom. The molecule has 1 N–H and O–H groups in total. The molecule has 0 bridgehead atoms. The summed E-state index contributed by atoms with van der Waals surface area (Å²) in [6.45, 7) is 2.61. The maximum atomic E-state index is 9.71. The van der Waals surface area contributed by atoms with Crippen molar-refractivity contribution in [3.63, 3.8) is 0 Å². The van der Waals surface area contributed by atoms with Crippen molar-refractivity contribution in [3.05, 3.63) is 35.9 Å². The SMILES string of the molecule is CNC(C#N)(CN1CCCC(OC)C1)c1ccccc1. The van der Waals surface area contributed by atoms with E-state index < -0.39 is 5.54 Å². The van der Waals surface area contributed by atoms with Gasteiger partial charge in [-0.05, 0) is 32.0 Å². The lowest BCUT2D eigenvalue weighted by Crippen LogP contribution is -2.52. The van der Waals surface area contributed by atoms with Crippen LogP contribution in [0.2, 0.25) is 0 Å². The lowest BCUT2D eigenvalue weighted by Gasteiger charge is -2.37. The lowest BCUT2D eigenvalue weighted by molar-refractivity contribution is 0.0245. The van der Waals surface area contributed by atoms with E-state index in [-0.39, 0.29) is 6.10 Å². The standard InChI is InChI=1S/C16H23N3O/c1-18-16(12-17,14-7-4-3-5-8-14)13-19-10-6-9-15(11-19)20-2/h3-5,7-8,15,18H,6,9-11,13H2,1-2H3. The highest BCUT2D eigenvalue weighted by molar-refractivity contribution is 5.32. The van der Waals surface area contributed by atoms with E-state index in [1.807, 2.05) is 37.4 Å². The zero-order valence-electron chi connectivity index (χ0n) is 12.3. The van der Waals surface area contributed by atoms with Gasteiger partial charge >= 0.3 is 0 Å². The van der Waals surface area contributed by atoms with Crippen molar-refractivity contribution in [2.45, 2.75) is 24.5 Å². The average Bonchev–Trinajstić information content (AvgIpc) is 2.54. The minimum absolute atomic E-state index is 0.285. The number of methoxy groups -OCH3 is 1. The van der Waals surface area contributed by atoms with Crippen molar-refractivity contribution in [2.75, 3.05) is 33.8 Å². The molecule has 1 aliphatic rings. The van der Waals surface area contributed by atoms with E-state index in [9.17, 15) is 5.26 Å². The zero-order chi connectivity index (χ0) is 14.4. The smallest absolute Gasteiger partial charge is 0.144 e. The van der Waals surface area contributed by atoms with Crippen LogP contribution in [0.15, 0.2) is 30.3 Å². The van der Waals surface area contributed by atoms with Crippen molar-refractivity contribution in [3.8, 4) is 6.07 Å². The highest BCUT2D eigenvalue weighted by atomic mass is 16.5. The first-order valence-corrected chi connectivity index (χ1v) is 7.15. The molecule has 2 atom stereocenters. The van der Waals surface area contributed by atoms with Crippen molar-refractivity contribution >= 4 is 0 Å². The van der Waals surface area contributed by atoms with Crippen LogP contribution in [0.3, 0.4) is 0 Å². The number of nitrogens with zero attached hydrogens (tertiary/aromatic N) is 2. The van der Waals surface area contributed by atoms with Crippen LogP contribution in [0.4, 0.5) is 0 Å². The number of piperidine rings is 1. The van der Waals surface area contributed by atoms with Gasteiger partial charge in [0.25, 0.3) is 0 Å². The topological polar surface area (TPSA) is 48.3 Å². The lowest BCUT2D eigenvalue weighted by atomic mass is 9.90. The van der Waals surface area contributed by atoms with Crippen molar-refractivity contribution in [1.29, 1.82) is 5.26 Å². The van der Waals surface area contributed by atoms with Crippen LogP contribution in [0.5, 0.6) is 0 Å². The summed E-state index contributed by atoms with van der Waals surface area (Å²) in [6.07, 6.45) is 2.52. The van der Waals surface area contributed by atoms with Gasteiger partial charge in [0.2, 0.25) is 0 Å². The van der Waals surface area contributed by atoms with E-state index >= 15 is 0 Å². The molecule has 0 radical (unpaired) electrons. The fourth-order valence-electron chi connectivity index (χ4n) is 2.88. The summed E-state index contributed by atoms with van der Waals surface area (Å²) >= 11 is 0. The molecule has 0 saturated carbocycles. The summed E-state index contributed by atoms with van der Waals surface area (Å²) < 4.78 is 5.46. The predicted molar refractivity (Wildman–Crippen MR) is 79.3 cm³/mol. The van der Waals surface area contributed by atoms with Crippen molar-refractivity contribution in [2.24, 2.45) is 0 Å². The molecule has 1 saturated heterocycles. The van der Waals surface area contributed by atoms with Crippen LogP contribution in [0, 0.1) is 11.3 Å². The molecule has 2 rings (SSSR count). The molecular formula is C16H23N3O. The molecule has 4 heteroatoms. The van der Waals surface area contributed by atoms with Crippen LogP contribution in [0.1, 0.15) is 18.4 Å². The second kappa shape index (κ2) is 6.85. The number of ether oxygens (including phenoxy) is 1. The summed E-state index contributed by atoms with van der Waals surface area (Å²) in [7, 11) is 3.62. The number of likely N-dealkylation sites (N-methyl/N-ethyl adjacent to an activating group) is 1. The van der Waals surface area contributed by atoms with E-state index in [1.165, 1.54) is 0 Å². The monoisotopic (exact) mass is 273 g/mol. The molecule has 0 amide bonds. The number of nitriles is 1. The third-order valence-corrected chi connectivity index (χ3v) is 4.14. The van der Waals surface area contributed by atoms with Gasteiger partial charge in [0.15, 0.2) is 0 Å². The van der Waals surface area contributed by atoms with Gasteiger partial charge in [-0.25, -0.2) is 0 Å². The quantitative estimate of drug-likeness (QED) is 0.887. The molecule has 1 heterocycles. The van der Waals surface area contributed by atoms with Gasteiger partial charge in [0.1, 0.15) is 5.54 Å². The van der Waals surface area contributed by atoms with Gasteiger partial charge in [-0.2, -0.15) is 5.26 Å². The van der Waals surface area contributed by atoms with E-state index in [2.05, 4.69) is 16.3 Å². The molecule has 20 heavy (non-hydrogen) atoms. The molecule has 108 valence electrons. The summed E-state index contributed by atoms with van der Waals surface area (Å²) in [5.41, 5.74) is 0.362. The predicted octanol–water partition coefficient (Wildman–Crippen LogP) is 1.74. The van der Waals surface area contributed by atoms with Crippen molar-refractivity contribution < 1.29 is 4.74 Å². The number of hydrogen-bond acceptors (Lipinski definition) is 4. The fraction of sp³-hybridized carbons (Fsp3) is 0.562. The van der Waals surface area contributed by atoms with Crippen LogP contribution >= 0.6 is 0 Å². The van der Waals surface area contributed by atoms with E-state index in [1.54, 1.807) is 7.11 Å². The first-order valence-electron chi connectivity index (χ1n) is 7.15. The zero-order valence-corrected chi connectivity index (χ0v) is 12.3. The van der Waals surface area contributed by atoms with Gasteiger partial charge in [-0.15, -0.1) is 0 Å². The molecule has 0 aliphatic carbocycles. The summed E-state index contributed by atoms with van der Waals surface area (Å²) in [4.78, 5) is 2.32. The highest BCUT2D eigenvalue weighted by Crippen LogP contribution is 2.23. The normalized spacial score (nSPS) is 22.9. The Kier molecular flexibility index (Phi) is 5.13. The Hall–Kier alpha value is -1.41.